The summed E-state index contributed by atoms with van der Waals surface area (Å²) >= 11 is 0. The maximum atomic E-state index is 5.85. The minimum atomic E-state index is 0.231. The molecule has 0 radical (unpaired) electrons. The van der Waals surface area contributed by atoms with Crippen LogP contribution in [0.25, 0.3) is 0 Å². The molecule has 3 heterocycles. The van der Waals surface area contributed by atoms with Gasteiger partial charge >= 0.3 is 0 Å². The van der Waals surface area contributed by atoms with Gasteiger partial charge < -0.3 is 20.1 Å². The molecule has 174 valence electrons. The lowest BCUT2D eigenvalue weighted by molar-refractivity contribution is 0.177. The van der Waals surface area contributed by atoms with Crippen molar-refractivity contribution in [3.8, 4) is 5.88 Å². The molecule has 0 saturated carbocycles. The molecule has 0 aliphatic carbocycles. The molecule has 33 heavy (non-hydrogen) atoms. The zero-order valence-electron chi connectivity index (χ0n) is 19.2. The molecule has 0 fully saturated rings. The van der Waals surface area contributed by atoms with Gasteiger partial charge in [0.15, 0.2) is 11.8 Å². The maximum absolute atomic E-state index is 5.85. The number of aliphatic imine (C=N–C) groups is 1. The third-order valence-electron chi connectivity index (χ3n) is 5.31. The van der Waals surface area contributed by atoms with E-state index in [4.69, 9.17) is 14.5 Å². The van der Waals surface area contributed by atoms with Crippen LogP contribution in [0.3, 0.4) is 0 Å². The lowest BCUT2D eigenvalue weighted by atomic mass is 10.1. The lowest BCUT2D eigenvalue weighted by Crippen LogP contribution is -2.47. The van der Waals surface area contributed by atoms with Crippen LogP contribution < -0.4 is 15.4 Å². The van der Waals surface area contributed by atoms with Gasteiger partial charge in [-0.3, -0.25) is 0 Å². The van der Waals surface area contributed by atoms with Gasteiger partial charge in [-0.1, -0.05) is 30.3 Å². The molecule has 3 aromatic rings. The van der Waals surface area contributed by atoms with E-state index in [0.29, 0.717) is 25.6 Å². The number of aromatic nitrogens is 4. The third-order valence-corrected chi connectivity index (χ3v) is 5.31. The molecule has 2 aromatic heterocycles. The summed E-state index contributed by atoms with van der Waals surface area (Å²) in [5.41, 5.74) is 2.15. The fourth-order valence-corrected chi connectivity index (χ4v) is 3.71. The van der Waals surface area contributed by atoms with Crippen LogP contribution in [-0.4, -0.2) is 45.4 Å². The molecule has 1 unspecified atom stereocenters. The minimum absolute atomic E-state index is 0.231. The average Bonchev–Trinajstić information content (AvgIpc) is 3.24. The van der Waals surface area contributed by atoms with E-state index in [1.54, 1.807) is 13.3 Å². The number of nitrogens with zero attached hydrogens (tertiary/aromatic N) is 5. The second-order valence-electron chi connectivity index (χ2n) is 7.91. The Labute approximate surface area is 194 Å². The van der Waals surface area contributed by atoms with Gasteiger partial charge in [0.25, 0.3) is 0 Å². The summed E-state index contributed by atoms with van der Waals surface area (Å²) in [5, 5.41) is 11.4. The molecule has 9 heteroatoms. The number of hydrogen-bond donors (Lipinski definition) is 2. The highest BCUT2D eigenvalue weighted by molar-refractivity contribution is 5.80. The first kappa shape index (κ1) is 22.7. The van der Waals surface area contributed by atoms with E-state index in [1.807, 2.05) is 47.1 Å². The number of fused-ring (bicyclic) bond motifs is 1. The number of aryl methyl sites for hydroxylation is 1. The van der Waals surface area contributed by atoms with Crippen molar-refractivity contribution in [3.05, 3.63) is 71.4 Å². The average molecular weight is 450 g/mol. The Morgan fingerprint density at radius 1 is 1.18 bits per heavy atom. The summed E-state index contributed by atoms with van der Waals surface area (Å²) in [6, 6.07) is 14.2. The number of rotatable bonds is 9. The van der Waals surface area contributed by atoms with Crippen molar-refractivity contribution < 1.29 is 9.47 Å². The Bertz CT molecular complexity index is 1050. The van der Waals surface area contributed by atoms with Crippen LogP contribution in [-0.2, 0) is 37.5 Å². The number of nitrogens with one attached hydrogen (secondary N) is 2. The van der Waals surface area contributed by atoms with Gasteiger partial charge in [-0.05, 0) is 30.5 Å². The van der Waals surface area contributed by atoms with Crippen LogP contribution in [0.1, 0.15) is 36.1 Å². The molecule has 4 rings (SSSR count). The smallest absolute Gasteiger partial charge is 0.213 e. The summed E-state index contributed by atoms with van der Waals surface area (Å²) < 4.78 is 13.0. The zero-order chi connectivity index (χ0) is 22.9. The Kier molecular flexibility index (Phi) is 7.86. The van der Waals surface area contributed by atoms with Gasteiger partial charge in [0, 0.05) is 38.4 Å². The molecule has 0 spiro atoms. The first-order valence-electron chi connectivity index (χ1n) is 11.3. The fourth-order valence-electron chi connectivity index (χ4n) is 3.71. The van der Waals surface area contributed by atoms with Crippen LogP contribution in [0.15, 0.2) is 53.7 Å². The maximum Gasteiger partial charge on any atom is 0.213 e. The highest BCUT2D eigenvalue weighted by Gasteiger charge is 2.22. The second-order valence-corrected chi connectivity index (χ2v) is 7.91. The van der Waals surface area contributed by atoms with Crippen LogP contribution in [0.5, 0.6) is 5.88 Å². The zero-order valence-corrected chi connectivity index (χ0v) is 19.2. The topological polar surface area (TPSA) is 98.5 Å². The molecule has 1 aromatic carbocycles. The first-order chi connectivity index (χ1) is 16.2. The summed E-state index contributed by atoms with van der Waals surface area (Å²) in [4.78, 5) is 13.6. The Hall–Kier alpha value is -3.46. The quantitative estimate of drug-likeness (QED) is 0.382. The van der Waals surface area contributed by atoms with Crippen molar-refractivity contribution in [2.75, 3.05) is 13.7 Å². The molecule has 0 saturated heterocycles. The summed E-state index contributed by atoms with van der Waals surface area (Å²) in [6.45, 7) is 5.05. The number of pyridine rings is 1. The molecule has 0 bridgehead atoms. The highest BCUT2D eigenvalue weighted by Crippen LogP contribution is 2.15. The minimum Gasteiger partial charge on any atom is -0.473 e. The molecule has 0 amide bonds. The number of ether oxygens (including phenoxy) is 2. The van der Waals surface area contributed by atoms with Crippen molar-refractivity contribution in [1.29, 1.82) is 0 Å². The predicted molar refractivity (Wildman–Crippen MR) is 126 cm³/mol. The SMILES string of the molecule is CCNC(=NCc1ccnc(OCc2ccccc2)c1)NC1CCc2nc(COC)nn2C1. The summed E-state index contributed by atoms with van der Waals surface area (Å²) in [6.07, 6.45) is 3.61. The van der Waals surface area contributed by atoms with Crippen LogP contribution >= 0.6 is 0 Å². The van der Waals surface area contributed by atoms with Crippen molar-refractivity contribution in [1.82, 2.24) is 30.4 Å². The van der Waals surface area contributed by atoms with E-state index < -0.39 is 0 Å². The lowest BCUT2D eigenvalue weighted by Gasteiger charge is -2.25. The Morgan fingerprint density at radius 2 is 2.06 bits per heavy atom. The van der Waals surface area contributed by atoms with Gasteiger partial charge in [0.05, 0.1) is 13.1 Å². The van der Waals surface area contributed by atoms with Crippen LogP contribution in [0, 0.1) is 0 Å². The van der Waals surface area contributed by atoms with E-state index in [-0.39, 0.29) is 6.04 Å². The van der Waals surface area contributed by atoms with Crippen molar-refractivity contribution in [2.45, 2.75) is 52.1 Å². The fraction of sp³-hybridized carbons (Fsp3) is 0.417. The molecule has 1 aliphatic heterocycles. The molecule has 1 atom stereocenters. The van der Waals surface area contributed by atoms with Crippen molar-refractivity contribution in [2.24, 2.45) is 4.99 Å². The van der Waals surface area contributed by atoms with Gasteiger partial charge in [-0.15, -0.1) is 0 Å². The van der Waals surface area contributed by atoms with Gasteiger partial charge in [-0.25, -0.2) is 19.6 Å². The normalized spacial score (nSPS) is 15.7. The van der Waals surface area contributed by atoms with Gasteiger partial charge in [0.1, 0.15) is 19.0 Å². The predicted octanol–water partition coefficient (Wildman–Crippen LogP) is 2.47. The summed E-state index contributed by atoms with van der Waals surface area (Å²) in [5.74, 6) is 3.13. The van der Waals surface area contributed by atoms with Gasteiger partial charge in [0.2, 0.25) is 5.88 Å². The largest absolute Gasteiger partial charge is 0.473 e. The number of hydrogen-bond acceptors (Lipinski definition) is 6. The standard InChI is InChI=1S/C24H31N7O2/c1-3-25-24(28-20-9-10-22-29-21(17-32-2)30-31(22)15-20)27-14-19-11-12-26-23(13-19)33-16-18-7-5-4-6-8-18/h4-8,11-13,20H,3,9-10,14-17H2,1-2H3,(H2,25,27,28). The van der Waals surface area contributed by atoms with Crippen LogP contribution in [0.2, 0.25) is 0 Å². The molecule has 9 nitrogen and oxygen atoms in total. The Balaban J connectivity index is 1.35. The van der Waals surface area contributed by atoms with Crippen molar-refractivity contribution in [3.63, 3.8) is 0 Å². The van der Waals surface area contributed by atoms with E-state index in [1.165, 1.54) is 0 Å². The number of methoxy groups -OCH3 is 1. The molecular weight excluding hydrogens is 418 g/mol. The Morgan fingerprint density at radius 3 is 2.88 bits per heavy atom. The highest BCUT2D eigenvalue weighted by atomic mass is 16.5. The molecule has 1 aliphatic rings. The van der Waals surface area contributed by atoms with E-state index >= 15 is 0 Å². The van der Waals surface area contributed by atoms with E-state index in [9.17, 15) is 0 Å². The molecule has 2 N–H and O–H groups in total. The van der Waals surface area contributed by atoms with Crippen molar-refractivity contribution >= 4 is 5.96 Å². The number of guanidine groups is 1. The third kappa shape index (κ3) is 6.52. The monoisotopic (exact) mass is 449 g/mol. The van der Waals surface area contributed by atoms with E-state index in [2.05, 4.69) is 32.6 Å². The number of benzene rings is 1. The van der Waals surface area contributed by atoms with E-state index in [0.717, 1.165) is 54.7 Å². The second kappa shape index (κ2) is 11.4. The first-order valence-corrected chi connectivity index (χ1v) is 11.3. The molecular formula is C24H31N7O2. The van der Waals surface area contributed by atoms with Gasteiger partial charge in [-0.2, -0.15) is 5.10 Å². The van der Waals surface area contributed by atoms with Crippen LogP contribution in [0.4, 0.5) is 0 Å². The summed E-state index contributed by atoms with van der Waals surface area (Å²) in [7, 11) is 1.66.